The van der Waals surface area contributed by atoms with Crippen LogP contribution < -0.4 is 20.5 Å². The zero-order chi connectivity index (χ0) is 31.3. The second kappa shape index (κ2) is 13.6. The van der Waals surface area contributed by atoms with E-state index in [2.05, 4.69) is 51.2 Å². The quantitative estimate of drug-likeness (QED) is 0.196. The van der Waals surface area contributed by atoms with E-state index in [1.807, 2.05) is 12.3 Å². The minimum absolute atomic E-state index is 0.0125. The number of carbonyl (C=O) groups is 2. The van der Waals surface area contributed by atoms with Crippen molar-refractivity contribution in [2.45, 2.75) is 48.0 Å². The maximum absolute atomic E-state index is 13.5. The van der Waals surface area contributed by atoms with Crippen LogP contribution in [0.2, 0.25) is 0 Å². The van der Waals surface area contributed by atoms with Gasteiger partial charge in [-0.25, -0.2) is 0 Å². The fourth-order valence-corrected chi connectivity index (χ4v) is 8.62. The monoisotopic (exact) mass is 667 g/mol. The Kier molecular flexibility index (Phi) is 9.64. The molecule has 0 saturated heterocycles. The number of primary amides is 1. The van der Waals surface area contributed by atoms with Crippen LogP contribution in [0, 0.1) is 6.92 Å². The molecule has 229 valence electrons. The van der Waals surface area contributed by atoms with E-state index in [-0.39, 0.29) is 37.3 Å². The van der Waals surface area contributed by atoms with Crippen LogP contribution in [-0.2, 0) is 17.6 Å². The molecular weight excluding hydrogens is 636 g/mol. The molecule has 3 aromatic carbocycles. The molecule has 4 aromatic rings. The fourth-order valence-electron chi connectivity index (χ4n) is 5.12. The SMILES string of the molecule is Cc1ccc(CC([As]C2CCOc3c(C(=O)N[C@@H](Cc4ccc(OC(F)(F)F)cc4)C(N)=O)cccc32)c2cnc[nH]2)cc1. The van der Waals surface area contributed by atoms with Gasteiger partial charge in [0.25, 0.3) is 0 Å². The van der Waals surface area contributed by atoms with Gasteiger partial charge in [-0.3, -0.25) is 0 Å². The number of H-pyrrole nitrogens is 1. The second-order valence-electron chi connectivity index (χ2n) is 10.6. The Balaban J connectivity index is 1.32. The van der Waals surface area contributed by atoms with Crippen LogP contribution in [0.3, 0.4) is 0 Å². The molecule has 2 heterocycles. The van der Waals surface area contributed by atoms with Gasteiger partial charge in [-0.1, -0.05) is 0 Å². The molecule has 0 aliphatic carbocycles. The van der Waals surface area contributed by atoms with Crippen LogP contribution in [0.25, 0.3) is 0 Å². The third-order valence-electron chi connectivity index (χ3n) is 7.32. The molecule has 0 fully saturated rings. The summed E-state index contributed by atoms with van der Waals surface area (Å²) < 4.78 is 47.8. The number of para-hydroxylation sites is 1. The molecule has 12 heteroatoms. The normalized spacial score (nSPS) is 16.1. The van der Waals surface area contributed by atoms with Gasteiger partial charge in [0.1, 0.15) is 0 Å². The first-order valence-corrected chi connectivity index (χ1v) is 16.2. The van der Waals surface area contributed by atoms with Crippen molar-refractivity contribution < 1.29 is 32.2 Å². The molecule has 8 nitrogen and oxygen atoms in total. The number of hydrogen-bond donors (Lipinski definition) is 3. The summed E-state index contributed by atoms with van der Waals surface area (Å²) in [5.41, 5.74) is 10.9. The van der Waals surface area contributed by atoms with Crippen LogP contribution >= 0.6 is 0 Å². The Morgan fingerprint density at radius 3 is 2.45 bits per heavy atom. The minimum atomic E-state index is -4.82. The number of alkyl halides is 3. The number of nitrogens with zero attached hydrogens (tertiary/aromatic N) is 1. The van der Waals surface area contributed by atoms with Gasteiger partial charge in [0.2, 0.25) is 0 Å². The van der Waals surface area contributed by atoms with E-state index in [0.717, 1.165) is 36.2 Å². The van der Waals surface area contributed by atoms with Crippen molar-refractivity contribution in [3.8, 4) is 11.5 Å². The average Bonchev–Trinajstić information content (AvgIpc) is 3.53. The number of hydrogen-bond acceptors (Lipinski definition) is 5. The van der Waals surface area contributed by atoms with Crippen LogP contribution in [-0.4, -0.2) is 56.5 Å². The number of nitrogens with one attached hydrogen (secondary N) is 2. The summed E-state index contributed by atoms with van der Waals surface area (Å²) in [6.45, 7) is 2.51. The van der Waals surface area contributed by atoms with Gasteiger partial charge < -0.3 is 4.74 Å². The summed E-state index contributed by atoms with van der Waals surface area (Å²) in [6.07, 6.45) is 0.414. The molecule has 1 radical (unpaired) electrons. The first-order chi connectivity index (χ1) is 21.1. The van der Waals surface area contributed by atoms with Gasteiger partial charge in [-0.2, -0.15) is 0 Å². The van der Waals surface area contributed by atoms with Crippen molar-refractivity contribution in [3.05, 3.63) is 113 Å². The van der Waals surface area contributed by atoms with Crippen LogP contribution in [0.4, 0.5) is 13.2 Å². The Morgan fingerprint density at radius 2 is 1.80 bits per heavy atom. The molecule has 1 aliphatic heterocycles. The second-order valence-corrected chi connectivity index (χ2v) is 13.8. The van der Waals surface area contributed by atoms with Gasteiger partial charge >= 0.3 is 242 Å². The number of imidazole rings is 1. The van der Waals surface area contributed by atoms with Crippen LogP contribution in [0.5, 0.6) is 11.5 Å². The summed E-state index contributed by atoms with van der Waals surface area (Å²) in [5.74, 6) is -1.20. The predicted octanol–water partition coefficient (Wildman–Crippen LogP) is 4.95. The third kappa shape index (κ3) is 8.02. The summed E-state index contributed by atoms with van der Waals surface area (Å²) in [5, 5.41) is 2.69. The molecule has 1 aliphatic rings. The summed E-state index contributed by atoms with van der Waals surface area (Å²) in [7, 11) is 0. The van der Waals surface area contributed by atoms with E-state index in [1.165, 1.54) is 23.3 Å². The third-order valence-corrected chi connectivity index (χ3v) is 10.9. The number of benzene rings is 3. The summed E-state index contributed by atoms with van der Waals surface area (Å²) >= 11 is -0.292. The van der Waals surface area contributed by atoms with E-state index in [4.69, 9.17) is 10.5 Å². The summed E-state index contributed by atoms with van der Waals surface area (Å²) in [4.78, 5) is 33.3. The Labute approximate surface area is 259 Å². The first-order valence-electron chi connectivity index (χ1n) is 14.0. The fraction of sp³-hybridized carbons (Fsp3) is 0.281. The van der Waals surface area contributed by atoms with Crippen molar-refractivity contribution in [2.24, 2.45) is 5.73 Å². The van der Waals surface area contributed by atoms with Crippen molar-refractivity contribution >= 4 is 27.6 Å². The van der Waals surface area contributed by atoms with Gasteiger partial charge in [-0.05, 0) is 0 Å². The van der Waals surface area contributed by atoms with E-state index in [0.29, 0.717) is 23.5 Å². The van der Waals surface area contributed by atoms with Gasteiger partial charge in [-0.15, -0.1) is 13.2 Å². The first kappa shape index (κ1) is 31.2. The maximum atomic E-state index is 13.5. The molecule has 0 bridgehead atoms. The average molecular weight is 668 g/mol. The topological polar surface area (TPSA) is 119 Å². The van der Waals surface area contributed by atoms with E-state index < -0.39 is 24.2 Å². The Hall–Kier alpha value is -4.24. The number of aryl methyl sites for hydroxylation is 1. The van der Waals surface area contributed by atoms with Crippen molar-refractivity contribution in [1.29, 1.82) is 0 Å². The zero-order valence-corrected chi connectivity index (χ0v) is 25.7. The number of aromatic nitrogens is 2. The van der Waals surface area contributed by atoms with Gasteiger partial charge in [0.05, 0.1) is 0 Å². The predicted molar refractivity (Wildman–Crippen MR) is 159 cm³/mol. The Morgan fingerprint density at radius 1 is 1.09 bits per heavy atom. The van der Waals surface area contributed by atoms with Crippen molar-refractivity contribution in [2.75, 3.05) is 6.61 Å². The van der Waals surface area contributed by atoms with Gasteiger partial charge in [0, 0.05) is 0 Å². The number of amides is 2. The Bertz CT molecular complexity index is 1580. The number of ether oxygens (including phenoxy) is 2. The molecule has 1 aromatic heterocycles. The number of carbonyl (C=O) groups excluding carboxylic acids is 2. The van der Waals surface area contributed by atoms with Crippen LogP contribution in [0.15, 0.2) is 79.3 Å². The van der Waals surface area contributed by atoms with Gasteiger partial charge in [0.15, 0.2) is 0 Å². The summed E-state index contributed by atoms with van der Waals surface area (Å²) in [6, 6.07) is 17.9. The molecule has 2 unspecified atom stereocenters. The van der Waals surface area contributed by atoms with Crippen molar-refractivity contribution in [1.82, 2.24) is 15.3 Å². The molecular formula is C32H31AsF3N4O4. The van der Waals surface area contributed by atoms with Crippen molar-refractivity contribution in [3.63, 3.8) is 0 Å². The molecule has 0 saturated carbocycles. The number of fused-ring (bicyclic) bond motifs is 1. The molecule has 4 N–H and O–H groups in total. The molecule has 44 heavy (non-hydrogen) atoms. The molecule has 0 spiro atoms. The van der Waals surface area contributed by atoms with E-state index in [1.54, 1.807) is 18.5 Å². The number of halogens is 3. The standard InChI is InChI=1S/C32H31AsF3N4O4/c1-19-5-7-20(8-6-19)15-26(28-17-38-18-39-28)33-25-13-14-43-29-23(25)3-2-4-24(29)31(42)40-27(30(37)41)16-21-9-11-22(12-10-21)44-32(34,35)36/h2-12,17-18,25-27H,13-16H2,1H3,(H2,37,41)(H,38,39)(H,40,42)/t25?,26?,27-/m0/s1. The molecule has 2 amide bonds. The number of nitrogens with two attached hydrogens (primary N) is 1. The van der Waals surface area contributed by atoms with E-state index >= 15 is 0 Å². The number of aromatic amines is 1. The number of rotatable bonds is 11. The van der Waals surface area contributed by atoms with E-state index in [9.17, 15) is 22.8 Å². The zero-order valence-electron chi connectivity index (χ0n) is 23.8. The van der Waals surface area contributed by atoms with Crippen LogP contribution in [0.1, 0.15) is 54.1 Å². The molecule has 3 atom stereocenters. The molecule has 5 rings (SSSR count).